The predicted molar refractivity (Wildman–Crippen MR) is 88.0 cm³/mol. The molecule has 1 aliphatic carbocycles. The Balaban J connectivity index is 0.000000705. The Morgan fingerprint density at radius 2 is 1.68 bits per heavy atom. The highest BCUT2D eigenvalue weighted by Gasteiger charge is 2.22. The van der Waals surface area contributed by atoms with Crippen LogP contribution in [0.5, 0.6) is 0 Å². The van der Waals surface area contributed by atoms with E-state index in [4.69, 9.17) is 9.84 Å². The minimum atomic E-state index is -3.67. The van der Waals surface area contributed by atoms with Crippen molar-refractivity contribution >= 4 is 6.09 Å². The van der Waals surface area contributed by atoms with Crippen LogP contribution in [0.3, 0.4) is 0 Å². The molecule has 25 heavy (non-hydrogen) atoms. The van der Waals surface area contributed by atoms with Gasteiger partial charge in [0.15, 0.2) is 0 Å². The first-order chi connectivity index (χ1) is 12.0. The van der Waals surface area contributed by atoms with E-state index in [1.54, 1.807) is 0 Å². The summed E-state index contributed by atoms with van der Waals surface area (Å²) in [5, 5.41) is 15.0. The fourth-order valence-corrected chi connectivity index (χ4v) is 2.64. The molecule has 1 fully saturated rings. The van der Waals surface area contributed by atoms with Crippen LogP contribution in [0.2, 0.25) is 0 Å². The Morgan fingerprint density at radius 3 is 2.24 bits per heavy atom. The SMILES string of the molecule is FC(F)F.O=C(NC1CCC(NCCO)CC1)OCc1ccccc1. The molecular weight excluding hydrogens is 337 g/mol. The van der Waals surface area contributed by atoms with Gasteiger partial charge in [-0.25, -0.2) is 4.79 Å². The molecule has 142 valence electrons. The summed E-state index contributed by atoms with van der Waals surface area (Å²) in [7, 11) is 0. The van der Waals surface area contributed by atoms with E-state index in [9.17, 15) is 18.0 Å². The number of alkyl carbamates (subject to hydrolysis) is 1. The van der Waals surface area contributed by atoms with E-state index in [0.29, 0.717) is 19.2 Å². The topological polar surface area (TPSA) is 70.6 Å². The highest BCUT2D eigenvalue weighted by molar-refractivity contribution is 5.67. The molecule has 0 spiro atoms. The normalized spacial score (nSPS) is 19.7. The second kappa shape index (κ2) is 12.5. The Morgan fingerprint density at radius 1 is 1.12 bits per heavy atom. The smallest absolute Gasteiger partial charge is 0.407 e. The zero-order valence-corrected chi connectivity index (χ0v) is 14.0. The zero-order chi connectivity index (χ0) is 18.5. The first-order valence-corrected chi connectivity index (χ1v) is 8.25. The van der Waals surface area contributed by atoms with Crippen LogP contribution in [0, 0.1) is 0 Å². The summed E-state index contributed by atoms with van der Waals surface area (Å²) in [6.07, 6.45) is 3.59. The van der Waals surface area contributed by atoms with Crippen molar-refractivity contribution < 1.29 is 27.8 Å². The molecule has 1 aliphatic rings. The summed E-state index contributed by atoms with van der Waals surface area (Å²) in [6.45, 7) is -2.55. The Bertz CT molecular complexity index is 467. The molecule has 0 heterocycles. The molecule has 1 aromatic rings. The minimum Gasteiger partial charge on any atom is -0.445 e. The molecule has 0 radical (unpaired) electrons. The molecule has 0 atom stereocenters. The van der Waals surface area contributed by atoms with E-state index < -0.39 is 6.68 Å². The van der Waals surface area contributed by atoms with E-state index in [1.807, 2.05) is 30.3 Å². The van der Waals surface area contributed by atoms with Crippen LogP contribution in [-0.2, 0) is 11.3 Å². The number of halogens is 3. The number of amides is 1. The van der Waals surface area contributed by atoms with Gasteiger partial charge in [-0.3, -0.25) is 0 Å². The lowest BCUT2D eigenvalue weighted by molar-refractivity contribution is 0.00818. The Labute approximate surface area is 145 Å². The molecule has 1 saturated carbocycles. The van der Waals surface area contributed by atoms with Gasteiger partial charge >= 0.3 is 12.8 Å². The third kappa shape index (κ3) is 10.6. The number of nitrogens with one attached hydrogen (secondary N) is 2. The van der Waals surface area contributed by atoms with Gasteiger partial charge in [-0.1, -0.05) is 30.3 Å². The number of ether oxygens (including phenoxy) is 1. The van der Waals surface area contributed by atoms with Gasteiger partial charge in [-0.05, 0) is 31.2 Å². The van der Waals surface area contributed by atoms with Crippen molar-refractivity contribution in [1.82, 2.24) is 10.6 Å². The summed E-state index contributed by atoms with van der Waals surface area (Å²) in [5.74, 6) is 0. The van der Waals surface area contributed by atoms with Crippen molar-refractivity contribution in [3.8, 4) is 0 Å². The number of hydrogen-bond acceptors (Lipinski definition) is 4. The van der Waals surface area contributed by atoms with Gasteiger partial charge < -0.3 is 20.5 Å². The van der Waals surface area contributed by atoms with Crippen LogP contribution in [-0.4, -0.2) is 43.1 Å². The van der Waals surface area contributed by atoms with E-state index >= 15 is 0 Å². The summed E-state index contributed by atoms with van der Waals surface area (Å²) in [6, 6.07) is 10.3. The van der Waals surface area contributed by atoms with Gasteiger partial charge in [0.05, 0.1) is 6.61 Å². The van der Waals surface area contributed by atoms with Gasteiger partial charge in [-0.2, -0.15) is 13.2 Å². The third-order valence-electron chi connectivity index (χ3n) is 3.81. The van der Waals surface area contributed by atoms with Gasteiger partial charge in [0.1, 0.15) is 6.61 Å². The van der Waals surface area contributed by atoms with Crippen LogP contribution in [0.15, 0.2) is 30.3 Å². The summed E-state index contributed by atoms with van der Waals surface area (Å²) in [5.41, 5.74) is 0.990. The summed E-state index contributed by atoms with van der Waals surface area (Å²) in [4.78, 5) is 11.8. The van der Waals surface area contributed by atoms with E-state index in [1.165, 1.54) is 0 Å². The molecule has 0 bridgehead atoms. The van der Waals surface area contributed by atoms with E-state index in [2.05, 4.69) is 10.6 Å². The van der Waals surface area contributed by atoms with E-state index in [0.717, 1.165) is 31.2 Å². The Kier molecular flexibility index (Phi) is 10.7. The zero-order valence-electron chi connectivity index (χ0n) is 14.0. The maximum absolute atomic E-state index is 11.8. The molecule has 0 saturated heterocycles. The monoisotopic (exact) mass is 362 g/mol. The van der Waals surface area contributed by atoms with Gasteiger partial charge in [-0.15, -0.1) is 0 Å². The first-order valence-electron chi connectivity index (χ1n) is 8.25. The molecule has 0 aliphatic heterocycles. The predicted octanol–water partition coefficient (Wildman–Crippen LogP) is 2.98. The molecule has 3 N–H and O–H groups in total. The summed E-state index contributed by atoms with van der Waals surface area (Å²) < 4.78 is 34.2. The molecule has 0 aromatic heterocycles. The van der Waals surface area contributed by atoms with Crippen molar-refractivity contribution in [2.75, 3.05) is 13.2 Å². The molecule has 2 rings (SSSR count). The number of aliphatic hydroxyl groups is 1. The van der Waals surface area contributed by atoms with Gasteiger partial charge in [0.2, 0.25) is 0 Å². The molecule has 8 heteroatoms. The molecule has 5 nitrogen and oxygen atoms in total. The van der Waals surface area contributed by atoms with Crippen LogP contribution < -0.4 is 10.6 Å². The number of carbonyl (C=O) groups is 1. The lowest BCUT2D eigenvalue weighted by Gasteiger charge is -2.29. The lowest BCUT2D eigenvalue weighted by Crippen LogP contribution is -2.42. The fourth-order valence-electron chi connectivity index (χ4n) is 2.64. The summed E-state index contributed by atoms with van der Waals surface area (Å²) >= 11 is 0. The fraction of sp³-hybridized carbons (Fsp3) is 0.588. The number of rotatable bonds is 6. The number of hydrogen-bond donors (Lipinski definition) is 3. The number of benzene rings is 1. The van der Waals surface area contributed by atoms with Crippen molar-refractivity contribution in [3.63, 3.8) is 0 Å². The van der Waals surface area contributed by atoms with Gasteiger partial charge in [0.25, 0.3) is 0 Å². The quantitative estimate of drug-likeness (QED) is 0.728. The Hall–Kier alpha value is -1.80. The maximum atomic E-state index is 11.8. The van der Waals surface area contributed by atoms with Crippen molar-refractivity contribution in [3.05, 3.63) is 35.9 Å². The third-order valence-corrected chi connectivity index (χ3v) is 3.81. The average molecular weight is 362 g/mol. The number of aliphatic hydroxyl groups excluding tert-OH is 1. The lowest BCUT2D eigenvalue weighted by atomic mass is 9.91. The van der Waals surface area contributed by atoms with Gasteiger partial charge in [0, 0.05) is 18.6 Å². The van der Waals surface area contributed by atoms with Crippen molar-refractivity contribution in [2.24, 2.45) is 0 Å². The molecule has 1 aromatic carbocycles. The highest BCUT2D eigenvalue weighted by atomic mass is 19.4. The van der Waals surface area contributed by atoms with Crippen LogP contribution in [0.25, 0.3) is 0 Å². The van der Waals surface area contributed by atoms with Crippen LogP contribution in [0.1, 0.15) is 31.2 Å². The minimum absolute atomic E-state index is 0.171. The van der Waals surface area contributed by atoms with Crippen LogP contribution >= 0.6 is 0 Å². The average Bonchev–Trinajstić information content (AvgIpc) is 2.60. The standard InChI is InChI=1S/C16H24N2O3.CHF3/c19-11-10-17-14-6-8-15(9-7-14)18-16(20)21-12-13-4-2-1-3-5-13;2-1(3)4/h1-5,14-15,17,19H,6-12H2,(H,18,20);1H. The molecule has 0 unspecified atom stereocenters. The highest BCUT2D eigenvalue weighted by Crippen LogP contribution is 2.18. The molecular formula is C17H25F3N2O3. The second-order valence-electron chi connectivity index (χ2n) is 5.68. The largest absolute Gasteiger partial charge is 0.445 e. The van der Waals surface area contributed by atoms with E-state index in [-0.39, 0.29) is 18.7 Å². The number of carbonyl (C=O) groups excluding carboxylic acids is 1. The maximum Gasteiger partial charge on any atom is 0.407 e. The number of alkyl halides is 3. The first kappa shape index (κ1) is 21.2. The second-order valence-corrected chi connectivity index (χ2v) is 5.68. The van der Waals surface area contributed by atoms with Crippen molar-refractivity contribution in [2.45, 2.75) is 51.1 Å². The van der Waals surface area contributed by atoms with Crippen LogP contribution in [0.4, 0.5) is 18.0 Å². The van der Waals surface area contributed by atoms with Crippen molar-refractivity contribution in [1.29, 1.82) is 0 Å². The molecule has 1 amide bonds.